The van der Waals surface area contributed by atoms with E-state index in [1.807, 2.05) is 24.3 Å². The Hall–Kier alpha value is -2.01. The summed E-state index contributed by atoms with van der Waals surface area (Å²) in [5, 5.41) is 5.61. The molecule has 0 aliphatic carbocycles. The molecule has 0 unspecified atom stereocenters. The predicted octanol–water partition coefficient (Wildman–Crippen LogP) is 2.23. The second-order valence-electron chi connectivity index (χ2n) is 4.92. The number of hydrogen-bond acceptors (Lipinski definition) is 3. The summed E-state index contributed by atoms with van der Waals surface area (Å²) in [5.74, 6) is 0.834. The first kappa shape index (κ1) is 15.4. The quantitative estimate of drug-likeness (QED) is 0.874. The zero-order chi connectivity index (χ0) is 14.9. The maximum Gasteiger partial charge on any atom is 0.318 e. The lowest BCUT2D eigenvalue weighted by atomic mass is 10.1. The van der Waals surface area contributed by atoms with Gasteiger partial charge in [0.05, 0.1) is 20.3 Å². The molecule has 0 atom stereocenters. The third kappa shape index (κ3) is 5.47. The molecule has 114 valence electrons. The van der Waals surface area contributed by atoms with Crippen molar-refractivity contribution in [1.29, 1.82) is 0 Å². The molecule has 0 spiro atoms. The molecule has 1 aromatic carbocycles. The molecule has 2 rings (SSSR count). The fourth-order valence-electron chi connectivity index (χ4n) is 2.14. The summed E-state index contributed by atoms with van der Waals surface area (Å²) in [5.41, 5.74) is 2.36. The number of amides is 2. The summed E-state index contributed by atoms with van der Waals surface area (Å²) in [4.78, 5) is 11.7. The second-order valence-corrected chi connectivity index (χ2v) is 4.92. The van der Waals surface area contributed by atoms with Crippen molar-refractivity contribution in [3.05, 3.63) is 41.6 Å². The molecule has 0 bridgehead atoms. The van der Waals surface area contributed by atoms with Gasteiger partial charge in [-0.3, -0.25) is 0 Å². The van der Waals surface area contributed by atoms with Gasteiger partial charge in [0.1, 0.15) is 5.75 Å². The number of methoxy groups -OCH3 is 1. The molecule has 5 nitrogen and oxygen atoms in total. The van der Waals surface area contributed by atoms with Crippen LogP contribution in [-0.4, -0.2) is 32.9 Å². The number of ether oxygens (including phenoxy) is 2. The van der Waals surface area contributed by atoms with Gasteiger partial charge >= 0.3 is 6.03 Å². The smallest absolute Gasteiger partial charge is 0.318 e. The first-order valence-corrected chi connectivity index (χ1v) is 7.21. The SMILES string of the molecule is COc1cccc(CCNC(=O)NC=C2CCOCC2)c1. The highest BCUT2D eigenvalue weighted by Gasteiger charge is 2.05. The van der Waals surface area contributed by atoms with E-state index in [4.69, 9.17) is 9.47 Å². The summed E-state index contributed by atoms with van der Waals surface area (Å²) >= 11 is 0. The molecular formula is C16H22N2O3. The van der Waals surface area contributed by atoms with Gasteiger partial charge in [-0.2, -0.15) is 0 Å². The Morgan fingerprint density at radius 2 is 2.19 bits per heavy atom. The molecule has 21 heavy (non-hydrogen) atoms. The van der Waals surface area contributed by atoms with Crippen LogP contribution in [0, 0.1) is 0 Å². The molecule has 2 amide bonds. The first-order valence-electron chi connectivity index (χ1n) is 7.21. The Labute approximate surface area is 125 Å². The summed E-state index contributed by atoms with van der Waals surface area (Å²) in [6.45, 7) is 2.07. The Bertz CT molecular complexity index is 492. The van der Waals surface area contributed by atoms with Gasteiger partial charge in [-0.1, -0.05) is 12.1 Å². The van der Waals surface area contributed by atoms with Gasteiger partial charge in [-0.05, 0) is 42.5 Å². The number of carbonyl (C=O) groups excluding carboxylic acids is 1. The first-order chi connectivity index (χ1) is 10.3. The Morgan fingerprint density at radius 3 is 2.95 bits per heavy atom. The number of rotatable bonds is 5. The number of nitrogens with one attached hydrogen (secondary N) is 2. The monoisotopic (exact) mass is 290 g/mol. The molecular weight excluding hydrogens is 268 g/mol. The number of hydrogen-bond donors (Lipinski definition) is 2. The molecule has 1 aliphatic rings. The maximum absolute atomic E-state index is 11.7. The van der Waals surface area contributed by atoms with Crippen LogP contribution in [0.25, 0.3) is 0 Å². The van der Waals surface area contributed by atoms with Gasteiger partial charge in [-0.25, -0.2) is 4.79 Å². The van der Waals surface area contributed by atoms with Crippen LogP contribution in [0.15, 0.2) is 36.0 Å². The Kier molecular flexibility index (Phi) is 6.09. The van der Waals surface area contributed by atoms with Crippen LogP contribution in [0.2, 0.25) is 0 Å². The van der Waals surface area contributed by atoms with Crippen LogP contribution >= 0.6 is 0 Å². The minimum Gasteiger partial charge on any atom is -0.497 e. The molecule has 1 aliphatic heterocycles. The lowest BCUT2D eigenvalue weighted by Crippen LogP contribution is -2.34. The standard InChI is InChI=1S/C16H22N2O3/c1-20-15-4-2-3-13(11-15)5-8-17-16(19)18-12-14-6-9-21-10-7-14/h2-4,11-12H,5-10H2,1H3,(H2,17,18,19). The fraction of sp³-hybridized carbons (Fsp3) is 0.438. The van der Waals surface area contributed by atoms with E-state index in [1.54, 1.807) is 13.3 Å². The van der Waals surface area contributed by atoms with Crippen molar-refractivity contribution in [2.75, 3.05) is 26.9 Å². The van der Waals surface area contributed by atoms with Crippen molar-refractivity contribution < 1.29 is 14.3 Å². The van der Waals surface area contributed by atoms with E-state index in [1.165, 1.54) is 5.57 Å². The Balaban J connectivity index is 1.68. The molecule has 1 fully saturated rings. The minimum atomic E-state index is -0.170. The highest BCUT2D eigenvalue weighted by atomic mass is 16.5. The van der Waals surface area contributed by atoms with Gasteiger partial charge in [0.15, 0.2) is 0 Å². The van der Waals surface area contributed by atoms with E-state index in [0.29, 0.717) is 6.54 Å². The Morgan fingerprint density at radius 1 is 1.38 bits per heavy atom. The minimum absolute atomic E-state index is 0.170. The molecule has 1 heterocycles. The molecule has 1 aromatic rings. The summed E-state index contributed by atoms with van der Waals surface area (Å²) < 4.78 is 10.4. The number of urea groups is 1. The number of carbonyl (C=O) groups is 1. The zero-order valence-corrected chi connectivity index (χ0v) is 12.4. The second kappa shape index (κ2) is 8.32. The average molecular weight is 290 g/mol. The third-order valence-electron chi connectivity index (χ3n) is 3.38. The topological polar surface area (TPSA) is 59.6 Å². The van der Waals surface area contributed by atoms with Gasteiger partial charge in [0.25, 0.3) is 0 Å². The molecule has 2 N–H and O–H groups in total. The third-order valence-corrected chi connectivity index (χ3v) is 3.38. The van der Waals surface area contributed by atoms with Gasteiger partial charge in [-0.15, -0.1) is 0 Å². The maximum atomic E-state index is 11.7. The van der Waals surface area contributed by atoms with Crippen molar-refractivity contribution in [2.45, 2.75) is 19.3 Å². The van der Waals surface area contributed by atoms with E-state index in [2.05, 4.69) is 10.6 Å². The van der Waals surface area contributed by atoms with Crippen molar-refractivity contribution in [3.8, 4) is 5.75 Å². The van der Waals surface area contributed by atoms with Crippen LogP contribution < -0.4 is 15.4 Å². The van der Waals surface area contributed by atoms with Crippen LogP contribution in [0.5, 0.6) is 5.75 Å². The van der Waals surface area contributed by atoms with Gasteiger partial charge in [0, 0.05) is 12.7 Å². The van der Waals surface area contributed by atoms with Gasteiger partial charge < -0.3 is 20.1 Å². The van der Waals surface area contributed by atoms with Crippen molar-refractivity contribution in [1.82, 2.24) is 10.6 Å². The normalized spacial score (nSPS) is 14.4. The van der Waals surface area contributed by atoms with E-state index in [9.17, 15) is 4.79 Å². The van der Waals surface area contributed by atoms with Crippen molar-refractivity contribution in [3.63, 3.8) is 0 Å². The summed E-state index contributed by atoms with van der Waals surface area (Å²) in [6, 6.07) is 7.68. The van der Waals surface area contributed by atoms with E-state index in [0.717, 1.165) is 43.8 Å². The highest BCUT2D eigenvalue weighted by molar-refractivity contribution is 5.74. The van der Waals surface area contributed by atoms with Gasteiger partial charge in [0.2, 0.25) is 0 Å². The molecule has 0 aromatic heterocycles. The molecule has 0 saturated carbocycles. The lowest BCUT2D eigenvalue weighted by molar-refractivity contribution is 0.119. The largest absolute Gasteiger partial charge is 0.497 e. The van der Waals surface area contributed by atoms with Crippen LogP contribution in [0.4, 0.5) is 4.79 Å². The summed E-state index contributed by atoms with van der Waals surface area (Å²) in [7, 11) is 1.65. The van der Waals surface area contributed by atoms with E-state index in [-0.39, 0.29) is 6.03 Å². The zero-order valence-electron chi connectivity index (χ0n) is 12.4. The average Bonchev–Trinajstić information content (AvgIpc) is 2.54. The van der Waals surface area contributed by atoms with Crippen LogP contribution in [-0.2, 0) is 11.2 Å². The lowest BCUT2D eigenvalue weighted by Gasteiger charge is -2.14. The highest BCUT2D eigenvalue weighted by Crippen LogP contribution is 2.13. The van der Waals surface area contributed by atoms with Crippen LogP contribution in [0.1, 0.15) is 18.4 Å². The summed E-state index contributed by atoms with van der Waals surface area (Å²) in [6.07, 6.45) is 4.35. The van der Waals surface area contributed by atoms with Crippen molar-refractivity contribution >= 4 is 6.03 Å². The van der Waals surface area contributed by atoms with Crippen molar-refractivity contribution in [2.24, 2.45) is 0 Å². The predicted molar refractivity (Wildman–Crippen MR) is 81.4 cm³/mol. The van der Waals surface area contributed by atoms with E-state index >= 15 is 0 Å². The van der Waals surface area contributed by atoms with E-state index < -0.39 is 0 Å². The van der Waals surface area contributed by atoms with Crippen LogP contribution in [0.3, 0.4) is 0 Å². The molecule has 5 heteroatoms. The fourth-order valence-corrected chi connectivity index (χ4v) is 2.14. The number of benzene rings is 1. The molecule has 1 saturated heterocycles. The molecule has 0 radical (unpaired) electrons.